The summed E-state index contributed by atoms with van der Waals surface area (Å²) in [6.07, 6.45) is 3.70. The molecule has 4 rings (SSSR count). The lowest BCUT2D eigenvalue weighted by Gasteiger charge is -2.62. The second kappa shape index (κ2) is 7.14. The number of aliphatic hydroxyl groups is 2. The van der Waals surface area contributed by atoms with Crippen LogP contribution in [0.15, 0.2) is 23.8 Å². The molecule has 0 bridgehead atoms. The number of Topliss-reactive ketones (excluding diaryl/α,β-unsaturated/α-hetero) is 1. The molecule has 0 amide bonds. The maximum Gasteiger partial charge on any atom is 0.470 e. The lowest BCUT2D eigenvalue weighted by Crippen LogP contribution is -2.69. The van der Waals surface area contributed by atoms with Crippen molar-refractivity contribution in [1.29, 1.82) is 0 Å². The van der Waals surface area contributed by atoms with Gasteiger partial charge in [-0.25, -0.2) is 8.96 Å². The maximum absolute atomic E-state index is 17.0. The molecule has 32 heavy (non-hydrogen) atoms. The number of aliphatic hydroxyl groups excluding tert-OH is 1. The Morgan fingerprint density at radius 3 is 2.59 bits per heavy atom. The van der Waals surface area contributed by atoms with Crippen molar-refractivity contribution in [2.45, 2.75) is 63.8 Å². The summed E-state index contributed by atoms with van der Waals surface area (Å²) in [7, 11) is -4.93. The molecule has 0 unspecified atom stereocenters. The third kappa shape index (κ3) is 2.95. The molecule has 4 aliphatic carbocycles. The molecule has 0 aromatic rings. The lowest BCUT2D eigenvalue weighted by atomic mass is 9.44. The number of allylic oxidation sites excluding steroid dienone is 4. The van der Waals surface area contributed by atoms with Gasteiger partial charge < -0.3 is 20.0 Å². The number of halogens is 1. The molecule has 0 spiro atoms. The highest BCUT2D eigenvalue weighted by molar-refractivity contribution is 7.46. The zero-order valence-corrected chi connectivity index (χ0v) is 19.2. The van der Waals surface area contributed by atoms with Gasteiger partial charge >= 0.3 is 7.82 Å². The summed E-state index contributed by atoms with van der Waals surface area (Å²) < 4.78 is 32.5. The van der Waals surface area contributed by atoms with Crippen LogP contribution in [0.1, 0.15) is 46.5 Å². The van der Waals surface area contributed by atoms with E-state index in [1.54, 1.807) is 20.8 Å². The minimum absolute atomic E-state index is 0.211. The summed E-state index contributed by atoms with van der Waals surface area (Å²) in [5.74, 6) is -2.87. The van der Waals surface area contributed by atoms with Crippen LogP contribution in [-0.4, -0.2) is 55.5 Å². The largest absolute Gasteiger partial charge is 0.470 e. The maximum atomic E-state index is 17.0. The Bertz CT molecular complexity index is 973. The van der Waals surface area contributed by atoms with Gasteiger partial charge in [0.25, 0.3) is 0 Å². The van der Waals surface area contributed by atoms with Gasteiger partial charge in [-0.2, -0.15) is 0 Å². The Kier molecular flexibility index (Phi) is 5.34. The zero-order valence-electron chi connectivity index (χ0n) is 18.3. The SMILES string of the molecule is C[C@H]1C[C@@H]2[C@H]3CCC4=CC(=O)C=C[C@]4(C)[C@]3(F)[C@H](O)C[C@]2(C)[C@]1(O)C(=O)COP(=O)(O)O. The van der Waals surface area contributed by atoms with Gasteiger partial charge in [0.1, 0.15) is 12.2 Å². The highest BCUT2D eigenvalue weighted by Gasteiger charge is 2.75. The minimum Gasteiger partial charge on any atom is -0.390 e. The van der Waals surface area contributed by atoms with E-state index in [-0.39, 0.29) is 12.2 Å². The molecule has 3 saturated carbocycles. The number of hydrogen-bond donors (Lipinski definition) is 4. The number of phosphoric acid groups is 1. The summed E-state index contributed by atoms with van der Waals surface area (Å²) >= 11 is 0. The van der Waals surface area contributed by atoms with Crippen molar-refractivity contribution in [3.63, 3.8) is 0 Å². The molecule has 0 saturated heterocycles. The highest BCUT2D eigenvalue weighted by atomic mass is 31.2. The van der Waals surface area contributed by atoms with Crippen molar-refractivity contribution in [2.24, 2.45) is 28.6 Å². The number of carbonyl (C=O) groups is 2. The smallest absolute Gasteiger partial charge is 0.390 e. The summed E-state index contributed by atoms with van der Waals surface area (Å²) in [6.45, 7) is 4.00. The van der Waals surface area contributed by atoms with Gasteiger partial charge in [0.05, 0.1) is 6.10 Å². The van der Waals surface area contributed by atoms with E-state index in [2.05, 4.69) is 4.52 Å². The van der Waals surface area contributed by atoms with E-state index in [1.165, 1.54) is 18.2 Å². The number of hydrogen-bond acceptors (Lipinski definition) is 6. The van der Waals surface area contributed by atoms with Crippen molar-refractivity contribution < 1.29 is 43.1 Å². The van der Waals surface area contributed by atoms with Crippen LogP contribution in [-0.2, 0) is 18.7 Å². The monoisotopic (exact) mass is 472 g/mol. The van der Waals surface area contributed by atoms with Gasteiger partial charge in [0, 0.05) is 16.7 Å². The molecule has 0 aliphatic heterocycles. The fourth-order valence-corrected chi connectivity index (χ4v) is 7.68. The lowest BCUT2D eigenvalue weighted by molar-refractivity contribution is -0.219. The van der Waals surface area contributed by atoms with E-state index in [4.69, 9.17) is 9.79 Å². The Morgan fingerprint density at radius 1 is 1.31 bits per heavy atom. The Balaban J connectivity index is 1.74. The van der Waals surface area contributed by atoms with Gasteiger partial charge in [0.2, 0.25) is 0 Å². The third-order valence-corrected chi connectivity index (χ3v) is 9.48. The molecular formula is C22H30FO8P. The molecule has 0 aromatic carbocycles. The first-order chi connectivity index (χ1) is 14.6. The fraction of sp³-hybridized carbons (Fsp3) is 0.727. The zero-order chi connectivity index (χ0) is 23.9. The topological polar surface area (TPSA) is 141 Å². The summed E-state index contributed by atoms with van der Waals surface area (Å²) in [6, 6.07) is 0. The van der Waals surface area contributed by atoms with E-state index in [1.807, 2.05) is 0 Å². The number of ketones is 2. The molecule has 0 heterocycles. The van der Waals surface area contributed by atoms with Crippen molar-refractivity contribution >= 4 is 19.4 Å². The highest BCUT2D eigenvalue weighted by Crippen LogP contribution is 2.70. The van der Waals surface area contributed by atoms with Crippen LogP contribution in [0.2, 0.25) is 0 Å². The average Bonchev–Trinajstić information content (AvgIpc) is 2.89. The van der Waals surface area contributed by atoms with E-state index in [0.29, 0.717) is 24.8 Å². The first kappa shape index (κ1) is 23.9. The van der Waals surface area contributed by atoms with Gasteiger partial charge in [-0.15, -0.1) is 0 Å². The Labute approximate surface area is 185 Å². The predicted octanol–water partition coefficient (Wildman–Crippen LogP) is 2.01. The number of phosphoric ester groups is 1. The summed E-state index contributed by atoms with van der Waals surface area (Å²) in [4.78, 5) is 42.8. The van der Waals surface area contributed by atoms with Crippen LogP contribution in [0, 0.1) is 28.6 Å². The third-order valence-electron chi connectivity index (χ3n) is 9.01. The first-order valence-corrected chi connectivity index (χ1v) is 12.4. The molecule has 4 N–H and O–H groups in total. The van der Waals surface area contributed by atoms with E-state index < -0.39 is 66.2 Å². The van der Waals surface area contributed by atoms with Crippen molar-refractivity contribution in [3.05, 3.63) is 23.8 Å². The second-order valence-corrected chi connectivity index (χ2v) is 11.6. The van der Waals surface area contributed by atoms with Gasteiger partial charge in [-0.05, 0) is 56.6 Å². The first-order valence-electron chi connectivity index (χ1n) is 10.9. The second-order valence-electron chi connectivity index (χ2n) is 10.4. The Morgan fingerprint density at radius 2 is 1.97 bits per heavy atom. The number of alkyl halides is 1. The predicted molar refractivity (Wildman–Crippen MR) is 111 cm³/mol. The van der Waals surface area contributed by atoms with Crippen LogP contribution >= 0.6 is 7.82 Å². The van der Waals surface area contributed by atoms with Crippen molar-refractivity contribution in [3.8, 4) is 0 Å². The number of carbonyl (C=O) groups excluding carboxylic acids is 2. The fourth-order valence-electron chi connectivity index (χ4n) is 7.39. The molecule has 178 valence electrons. The van der Waals surface area contributed by atoms with E-state index >= 15 is 4.39 Å². The van der Waals surface area contributed by atoms with Crippen molar-refractivity contribution in [1.82, 2.24) is 0 Å². The molecule has 8 nitrogen and oxygen atoms in total. The molecule has 0 radical (unpaired) electrons. The van der Waals surface area contributed by atoms with Gasteiger partial charge in [0.15, 0.2) is 17.2 Å². The molecule has 3 fully saturated rings. The average molecular weight is 472 g/mol. The normalized spacial score (nSPS) is 48.0. The Hall–Kier alpha value is -1.22. The van der Waals surface area contributed by atoms with Gasteiger partial charge in [-0.1, -0.05) is 25.5 Å². The summed E-state index contributed by atoms with van der Waals surface area (Å²) in [5.41, 5.74) is -5.88. The van der Waals surface area contributed by atoms with Crippen LogP contribution in [0.3, 0.4) is 0 Å². The minimum atomic E-state index is -4.93. The van der Waals surface area contributed by atoms with Gasteiger partial charge in [-0.3, -0.25) is 14.1 Å². The van der Waals surface area contributed by atoms with Crippen LogP contribution < -0.4 is 0 Å². The van der Waals surface area contributed by atoms with Crippen LogP contribution in [0.5, 0.6) is 0 Å². The van der Waals surface area contributed by atoms with Crippen molar-refractivity contribution in [2.75, 3.05) is 6.61 Å². The summed E-state index contributed by atoms with van der Waals surface area (Å²) in [5, 5.41) is 22.8. The molecule has 10 heteroatoms. The quantitative estimate of drug-likeness (QED) is 0.456. The molecule has 0 aromatic heterocycles. The van der Waals surface area contributed by atoms with Crippen LogP contribution in [0.4, 0.5) is 4.39 Å². The molecule has 8 atom stereocenters. The number of rotatable bonds is 4. The van der Waals surface area contributed by atoms with E-state index in [0.717, 1.165) is 0 Å². The molecular weight excluding hydrogens is 442 g/mol. The van der Waals surface area contributed by atoms with Crippen LogP contribution in [0.25, 0.3) is 0 Å². The van der Waals surface area contributed by atoms with E-state index in [9.17, 15) is 24.4 Å². The molecule has 4 aliphatic rings. The number of fused-ring (bicyclic) bond motifs is 5. The standard InChI is InChI=1S/C22H30FO8P/c1-12-8-16-15-5-4-13-9-14(24)6-7-19(13,2)21(15,23)17(25)10-20(16,3)22(12,27)18(26)11-31-32(28,29)30/h6-7,9,12,15-17,25,27H,4-5,8,10-11H2,1-3H3,(H2,28,29,30)/t12-,15+,16+,17+,19-,20-,21+,22+/m0/s1.